The van der Waals surface area contributed by atoms with E-state index in [0.29, 0.717) is 0 Å². The number of likely N-dealkylation sites (N-methyl/N-ethyl adjacent to an activating group) is 1. The van der Waals surface area contributed by atoms with Gasteiger partial charge in [0.15, 0.2) is 0 Å². The van der Waals surface area contributed by atoms with E-state index in [1.54, 1.807) is 13.3 Å². The van der Waals surface area contributed by atoms with Crippen LogP contribution in [-0.4, -0.2) is 31.3 Å². The number of halogens is 1. The molecule has 0 radical (unpaired) electrons. The fourth-order valence-electron chi connectivity index (χ4n) is 1.11. The van der Waals surface area contributed by atoms with Gasteiger partial charge in [-0.05, 0) is 29.5 Å². The Morgan fingerprint density at radius 2 is 2.54 bits per heavy atom. The van der Waals surface area contributed by atoms with Gasteiger partial charge in [-0.3, -0.25) is 0 Å². The first-order chi connectivity index (χ1) is 6.29. The predicted octanol–water partition coefficient (Wildman–Crippen LogP) is 2.16. The van der Waals surface area contributed by atoms with Gasteiger partial charge < -0.3 is 9.74 Å². The van der Waals surface area contributed by atoms with Crippen LogP contribution in [0.4, 0.5) is 0 Å². The average Bonchev–Trinajstić information content (AvgIpc) is 2.16. The van der Waals surface area contributed by atoms with Crippen LogP contribution >= 0.6 is 22.6 Å². The molecule has 0 saturated carbocycles. The number of oxime groups is 1. The second-order valence-corrected chi connectivity index (χ2v) is 3.63. The lowest BCUT2D eigenvalue weighted by molar-refractivity contribution is 0.215. The summed E-state index contributed by atoms with van der Waals surface area (Å²) in [4.78, 5) is 6.92. The second kappa shape index (κ2) is 5.26. The summed E-state index contributed by atoms with van der Waals surface area (Å²) in [7, 11) is 1.55. The molecule has 1 aliphatic rings. The van der Waals surface area contributed by atoms with Crippen molar-refractivity contribution in [3.8, 4) is 0 Å². The number of allylic oxidation sites excluding steroid dienone is 2. The Morgan fingerprint density at radius 3 is 3.15 bits per heavy atom. The summed E-state index contributed by atoms with van der Waals surface area (Å²) in [6, 6.07) is 0. The van der Waals surface area contributed by atoms with E-state index in [-0.39, 0.29) is 0 Å². The zero-order chi connectivity index (χ0) is 9.68. The standard InChI is InChI=1S/C9H13IN2O/c1-3-12-6-4-5-8(9(12)10)7-11-13-2/h4-5,7H,3,6H2,1-2H3. The first kappa shape index (κ1) is 10.6. The molecule has 0 aliphatic carbocycles. The SMILES string of the molecule is CCN1CC=CC(C=NOC)=C1I. The maximum absolute atomic E-state index is 4.64. The van der Waals surface area contributed by atoms with Gasteiger partial charge in [0.25, 0.3) is 0 Å². The maximum atomic E-state index is 4.64. The zero-order valence-corrected chi connectivity index (χ0v) is 9.98. The Hall–Kier alpha value is -0.520. The van der Waals surface area contributed by atoms with Crippen LogP contribution < -0.4 is 0 Å². The van der Waals surface area contributed by atoms with Crippen molar-refractivity contribution in [2.24, 2.45) is 5.16 Å². The largest absolute Gasteiger partial charge is 0.399 e. The van der Waals surface area contributed by atoms with E-state index in [1.165, 1.54) is 3.70 Å². The van der Waals surface area contributed by atoms with Gasteiger partial charge in [0.05, 0.1) is 9.92 Å². The quantitative estimate of drug-likeness (QED) is 0.345. The highest BCUT2D eigenvalue weighted by molar-refractivity contribution is 14.1. The summed E-state index contributed by atoms with van der Waals surface area (Å²) in [5.41, 5.74) is 1.11. The number of hydrogen-bond acceptors (Lipinski definition) is 3. The lowest BCUT2D eigenvalue weighted by Crippen LogP contribution is -2.23. The van der Waals surface area contributed by atoms with Crippen LogP contribution in [0.25, 0.3) is 0 Å². The molecule has 4 heteroatoms. The molecule has 0 amide bonds. The lowest BCUT2D eigenvalue weighted by atomic mass is 10.2. The third-order valence-corrected chi connectivity index (χ3v) is 3.12. The van der Waals surface area contributed by atoms with E-state index in [0.717, 1.165) is 18.7 Å². The van der Waals surface area contributed by atoms with E-state index in [2.05, 4.69) is 56.6 Å². The van der Waals surface area contributed by atoms with Crippen molar-refractivity contribution in [3.05, 3.63) is 21.4 Å². The first-order valence-corrected chi connectivity index (χ1v) is 5.25. The zero-order valence-electron chi connectivity index (χ0n) is 7.83. The summed E-state index contributed by atoms with van der Waals surface area (Å²) in [6.07, 6.45) is 5.93. The molecule has 0 fully saturated rings. The molecule has 0 bridgehead atoms. The van der Waals surface area contributed by atoms with Crippen LogP contribution in [0.15, 0.2) is 26.6 Å². The van der Waals surface area contributed by atoms with E-state index >= 15 is 0 Å². The fraction of sp³-hybridized carbons (Fsp3) is 0.444. The third kappa shape index (κ3) is 2.72. The summed E-state index contributed by atoms with van der Waals surface area (Å²) >= 11 is 2.33. The minimum Gasteiger partial charge on any atom is -0.399 e. The fourth-order valence-corrected chi connectivity index (χ4v) is 1.97. The van der Waals surface area contributed by atoms with Crippen LogP contribution in [0.3, 0.4) is 0 Å². The van der Waals surface area contributed by atoms with Gasteiger partial charge in [-0.15, -0.1) is 0 Å². The van der Waals surface area contributed by atoms with E-state index in [1.807, 2.05) is 0 Å². The van der Waals surface area contributed by atoms with Gasteiger partial charge >= 0.3 is 0 Å². The van der Waals surface area contributed by atoms with Gasteiger partial charge in [-0.25, -0.2) is 0 Å². The molecule has 1 aliphatic heterocycles. The molecule has 0 aromatic carbocycles. The average molecular weight is 292 g/mol. The normalized spacial score (nSPS) is 17.3. The molecule has 0 spiro atoms. The number of hydrogen-bond donors (Lipinski definition) is 0. The van der Waals surface area contributed by atoms with Gasteiger partial charge in [0, 0.05) is 18.7 Å². The van der Waals surface area contributed by atoms with Crippen molar-refractivity contribution >= 4 is 28.8 Å². The Morgan fingerprint density at radius 1 is 1.77 bits per heavy atom. The van der Waals surface area contributed by atoms with Crippen LogP contribution in [0.5, 0.6) is 0 Å². The topological polar surface area (TPSA) is 24.8 Å². The molecule has 1 heterocycles. The highest BCUT2D eigenvalue weighted by Gasteiger charge is 2.10. The molecule has 13 heavy (non-hydrogen) atoms. The van der Waals surface area contributed by atoms with Crippen molar-refractivity contribution in [1.82, 2.24) is 4.90 Å². The molecule has 0 saturated heterocycles. The summed E-state index contributed by atoms with van der Waals surface area (Å²) < 4.78 is 1.23. The van der Waals surface area contributed by atoms with E-state index in [9.17, 15) is 0 Å². The van der Waals surface area contributed by atoms with Crippen LogP contribution in [0, 0.1) is 0 Å². The summed E-state index contributed by atoms with van der Waals surface area (Å²) in [5.74, 6) is 0. The van der Waals surface area contributed by atoms with Crippen LogP contribution in [-0.2, 0) is 4.84 Å². The summed E-state index contributed by atoms with van der Waals surface area (Å²) in [5, 5.41) is 3.75. The lowest BCUT2D eigenvalue weighted by Gasteiger charge is -2.24. The van der Waals surface area contributed by atoms with Crippen molar-refractivity contribution in [3.63, 3.8) is 0 Å². The molecule has 0 aromatic heterocycles. The molecule has 0 aromatic rings. The Labute approximate surface area is 92.3 Å². The van der Waals surface area contributed by atoms with Gasteiger partial charge in [0.2, 0.25) is 0 Å². The molecule has 1 rings (SSSR count). The second-order valence-electron chi connectivity index (χ2n) is 2.60. The minimum absolute atomic E-state index is 0.985. The predicted molar refractivity (Wildman–Crippen MR) is 62.9 cm³/mol. The highest BCUT2D eigenvalue weighted by Crippen LogP contribution is 2.21. The highest BCUT2D eigenvalue weighted by atomic mass is 127. The smallest absolute Gasteiger partial charge is 0.106 e. The van der Waals surface area contributed by atoms with Gasteiger partial charge in [0.1, 0.15) is 7.11 Å². The molecule has 3 nitrogen and oxygen atoms in total. The van der Waals surface area contributed by atoms with Crippen LogP contribution in [0.2, 0.25) is 0 Å². The van der Waals surface area contributed by atoms with Crippen molar-refractivity contribution in [2.75, 3.05) is 20.2 Å². The first-order valence-electron chi connectivity index (χ1n) is 4.17. The molecule has 0 N–H and O–H groups in total. The van der Waals surface area contributed by atoms with E-state index < -0.39 is 0 Å². The third-order valence-electron chi connectivity index (χ3n) is 1.82. The van der Waals surface area contributed by atoms with Gasteiger partial charge in [-0.2, -0.15) is 0 Å². The molecule has 0 atom stereocenters. The molecule has 72 valence electrons. The number of nitrogens with zero attached hydrogens (tertiary/aromatic N) is 2. The minimum atomic E-state index is 0.985. The van der Waals surface area contributed by atoms with Crippen molar-refractivity contribution in [1.29, 1.82) is 0 Å². The maximum Gasteiger partial charge on any atom is 0.106 e. The van der Waals surface area contributed by atoms with Crippen molar-refractivity contribution in [2.45, 2.75) is 6.92 Å². The van der Waals surface area contributed by atoms with E-state index in [4.69, 9.17) is 0 Å². The molecular weight excluding hydrogens is 279 g/mol. The summed E-state index contributed by atoms with van der Waals surface area (Å²) in [6.45, 7) is 4.15. The monoisotopic (exact) mass is 292 g/mol. The Balaban J connectivity index is 2.79. The Kier molecular flexibility index (Phi) is 4.27. The molecule has 0 unspecified atom stereocenters. The number of rotatable bonds is 3. The molecular formula is C9H13IN2O. The van der Waals surface area contributed by atoms with Gasteiger partial charge in [-0.1, -0.05) is 17.3 Å². The Bertz CT molecular complexity index is 258. The van der Waals surface area contributed by atoms with Crippen LogP contribution in [0.1, 0.15) is 6.92 Å². The van der Waals surface area contributed by atoms with Crippen molar-refractivity contribution < 1.29 is 4.84 Å².